The van der Waals surface area contributed by atoms with Crippen LogP contribution in [0.5, 0.6) is 5.75 Å². The molecule has 1 aliphatic heterocycles. The van der Waals surface area contributed by atoms with E-state index in [9.17, 15) is 14.4 Å². The molecule has 3 heterocycles. The number of benzene rings is 1. The lowest BCUT2D eigenvalue weighted by Crippen LogP contribution is -2.50. The number of nitrogens with zero attached hydrogens (tertiary/aromatic N) is 6. The van der Waals surface area contributed by atoms with Crippen molar-refractivity contribution in [2.75, 3.05) is 25.0 Å². The molecule has 10 nitrogen and oxygen atoms in total. The standard InChI is InChI=1S/C24H26FN7O3/c1-3-32-13-19(15(2)30-32)28-22-6-8-27-24(29-22)16-4-5-20(17(10-16)11-26)35-21-7-9-31(12-18(21)25)23(34)14-33/h4-6,8,10,13,18,21,33H,3,7,9,12,14H2,1-2H3,(H,27,28,29)/t18-,21+/m1/s1. The fourth-order valence-electron chi connectivity index (χ4n) is 3.87. The normalized spacial score (nSPS) is 17.6. The summed E-state index contributed by atoms with van der Waals surface area (Å²) in [5.74, 6) is 0.733. The Labute approximate surface area is 202 Å². The second-order valence-electron chi connectivity index (χ2n) is 8.16. The van der Waals surface area contributed by atoms with Crippen molar-refractivity contribution in [1.29, 1.82) is 5.26 Å². The molecular formula is C24H26FN7O3. The highest BCUT2D eigenvalue weighted by atomic mass is 19.1. The summed E-state index contributed by atoms with van der Waals surface area (Å²) in [6.45, 7) is 4.13. The van der Waals surface area contributed by atoms with Gasteiger partial charge in [-0.05, 0) is 38.1 Å². The van der Waals surface area contributed by atoms with E-state index < -0.39 is 24.8 Å². The highest BCUT2D eigenvalue weighted by Crippen LogP contribution is 2.29. The number of aryl methyl sites for hydroxylation is 2. The van der Waals surface area contributed by atoms with E-state index in [2.05, 4.69) is 26.5 Å². The molecule has 2 N–H and O–H groups in total. The molecule has 4 rings (SSSR count). The van der Waals surface area contributed by atoms with Crippen molar-refractivity contribution >= 4 is 17.4 Å². The minimum absolute atomic E-state index is 0.158. The number of halogens is 1. The first-order valence-electron chi connectivity index (χ1n) is 11.3. The van der Waals surface area contributed by atoms with Gasteiger partial charge in [0.25, 0.3) is 0 Å². The quantitative estimate of drug-likeness (QED) is 0.529. The number of nitrogens with one attached hydrogen (secondary N) is 1. The Bertz CT molecular complexity index is 1260. The molecule has 0 aliphatic carbocycles. The highest BCUT2D eigenvalue weighted by molar-refractivity contribution is 5.77. The summed E-state index contributed by atoms with van der Waals surface area (Å²) >= 11 is 0. The molecule has 1 aliphatic rings. The minimum Gasteiger partial charge on any atom is -0.486 e. The maximum Gasteiger partial charge on any atom is 0.248 e. The SMILES string of the molecule is CCn1cc(Nc2ccnc(-c3ccc(O[C@H]4CCN(C(=O)CO)C[C@H]4F)c(C#N)c3)n2)c(C)n1. The van der Waals surface area contributed by atoms with Crippen LogP contribution < -0.4 is 10.1 Å². The predicted octanol–water partition coefficient (Wildman–Crippen LogP) is 2.59. The van der Waals surface area contributed by atoms with E-state index in [4.69, 9.17) is 9.84 Å². The number of aromatic nitrogens is 4. The summed E-state index contributed by atoms with van der Waals surface area (Å²) < 4.78 is 22.3. The molecule has 1 fully saturated rings. The average molecular weight is 480 g/mol. The predicted molar refractivity (Wildman–Crippen MR) is 126 cm³/mol. The maximum atomic E-state index is 14.6. The van der Waals surface area contributed by atoms with Gasteiger partial charge in [0.2, 0.25) is 5.91 Å². The van der Waals surface area contributed by atoms with Gasteiger partial charge in [-0.15, -0.1) is 0 Å². The molecule has 0 saturated carbocycles. The number of nitriles is 1. The Morgan fingerprint density at radius 1 is 1.40 bits per heavy atom. The van der Waals surface area contributed by atoms with Gasteiger partial charge in [0.1, 0.15) is 30.3 Å². The molecular weight excluding hydrogens is 453 g/mol. The van der Waals surface area contributed by atoms with Gasteiger partial charge in [-0.2, -0.15) is 10.4 Å². The van der Waals surface area contributed by atoms with Crippen LogP contribution in [0.2, 0.25) is 0 Å². The number of piperidine rings is 1. The van der Waals surface area contributed by atoms with Crippen LogP contribution in [0.3, 0.4) is 0 Å². The van der Waals surface area contributed by atoms with Crippen molar-refractivity contribution in [2.45, 2.75) is 39.1 Å². The molecule has 1 aromatic carbocycles. The number of anilines is 2. The lowest BCUT2D eigenvalue weighted by Gasteiger charge is -2.34. The van der Waals surface area contributed by atoms with Crippen LogP contribution in [0.4, 0.5) is 15.9 Å². The van der Waals surface area contributed by atoms with E-state index in [1.54, 1.807) is 30.5 Å². The summed E-state index contributed by atoms with van der Waals surface area (Å²) in [4.78, 5) is 21.8. The van der Waals surface area contributed by atoms with Gasteiger partial charge in [-0.25, -0.2) is 14.4 Å². The zero-order chi connectivity index (χ0) is 24.9. The van der Waals surface area contributed by atoms with Crippen LogP contribution in [0.15, 0.2) is 36.7 Å². The monoisotopic (exact) mass is 479 g/mol. The van der Waals surface area contributed by atoms with E-state index >= 15 is 0 Å². The fourth-order valence-corrected chi connectivity index (χ4v) is 3.87. The summed E-state index contributed by atoms with van der Waals surface area (Å²) in [7, 11) is 0. The molecule has 182 valence electrons. The first-order valence-corrected chi connectivity index (χ1v) is 11.3. The zero-order valence-electron chi connectivity index (χ0n) is 19.5. The summed E-state index contributed by atoms with van der Waals surface area (Å²) in [6, 6.07) is 8.75. The number of aliphatic hydroxyl groups is 1. The smallest absolute Gasteiger partial charge is 0.248 e. The van der Waals surface area contributed by atoms with Crippen LogP contribution in [0, 0.1) is 18.3 Å². The number of carbonyl (C=O) groups excluding carboxylic acids is 1. The van der Waals surface area contributed by atoms with E-state index in [0.29, 0.717) is 17.2 Å². The third-order valence-corrected chi connectivity index (χ3v) is 5.79. The van der Waals surface area contributed by atoms with Crippen molar-refractivity contribution in [2.24, 2.45) is 0 Å². The molecule has 0 radical (unpaired) electrons. The van der Waals surface area contributed by atoms with Gasteiger partial charge in [-0.1, -0.05) is 0 Å². The van der Waals surface area contributed by atoms with Crippen LogP contribution in [-0.2, 0) is 11.3 Å². The Balaban J connectivity index is 1.50. The van der Waals surface area contributed by atoms with E-state index in [0.717, 1.165) is 17.9 Å². The Kier molecular flexibility index (Phi) is 7.22. The van der Waals surface area contributed by atoms with Crippen LogP contribution in [0.25, 0.3) is 11.4 Å². The van der Waals surface area contributed by atoms with Crippen molar-refractivity contribution in [3.63, 3.8) is 0 Å². The Morgan fingerprint density at radius 2 is 2.23 bits per heavy atom. The van der Waals surface area contributed by atoms with Crippen molar-refractivity contribution < 1.29 is 19.0 Å². The number of likely N-dealkylation sites (tertiary alicyclic amines) is 1. The first-order chi connectivity index (χ1) is 16.9. The second kappa shape index (κ2) is 10.5. The summed E-state index contributed by atoms with van der Waals surface area (Å²) in [6.07, 6.45) is 1.54. The number of carbonyl (C=O) groups is 1. The number of ether oxygens (including phenoxy) is 1. The third-order valence-electron chi connectivity index (χ3n) is 5.79. The van der Waals surface area contributed by atoms with Crippen molar-refractivity contribution in [3.05, 3.63) is 47.9 Å². The van der Waals surface area contributed by atoms with E-state index in [1.807, 2.05) is 24.7 Å². The third kappa shape index (κ3) is 5.38. The minimum atomic E-state index is -1.43. The average Bonchev–Trinajstić information content (AvgIpc) is 3.24. The zero-order valence-corrected chi connectivity index (χ0v) is 19.5. The van der Waals surface area contributed by atoms with Gasteiger partial charge in [0.15, 0.2) is 12.0 Å². The van der Waals surface area contributed by atoms with E-state index in [1.165, 1.54) is 4.90 Å². The molecule has 2 aromatic heterocycles. The van der Waals surface area contributed by atoms with Gasteiger partial charge in [0, 0.05) is 37.5 Å². The fraction of sp³-hybridized carbons (Fsp3) is 0.375. The largest absolute Gasteiger partial charge is 0.486 e. The van der Waals surface area contributed by atoms with Crippen molar-refractivity contribution in [3.8, 4) is 23.2 Å². The van der Waals surface area contributed by atoms with E-state index in [-0.39, 0.29) is 30.8 Å². The Hall–Kier alpha value is -4.04. The van der Waals surface area contributed by atoms with Crippen molar-refractivity contribution in [1.82, 2.24) is 24.6 Å². The number of hydrogen-bond acceptors (Lipinski definition) is 8. The molecule has 35 heavy (non-hydrogen) atoms. The summed E-state index contributed by atoms with van der Waals surface area (Å²) in [5, 5.41) is 26.3. The number of hydrogen-bond donors (Lipinski definition) is 2. The first kappa shape index (κ1) is 24.1. The molecule has 2 atom stereocenters. The number of rotatable bonds is 7. The van der Waals surface area contributed by atoms with Gasteiger partial charge < -0.3 is 20.1 Å². The van der Waals surface area contributed by atoms with Crippen LogP contribution in [-0.4, -0.2) is 67.6 Å². The highest BCUT2D eigenvalue weighted by Gasteiger charge is 2.33. The molecule has 0 spiro atoms. The number of alkyl halides is 1. The second-order valence-corrected chi connectivity index (χ2v) is 8.16. The Morgan fingerprint density at radius 3 is 2.91 bits per heavy atom. The maximum absolute atomic E-state index is 14.6. The van der Waals surface area contributed by atoms with Gasteiger partial charge >= 0.3 is 0 Å². The lowest BCUT2D eigenvalue weighted by molar-refractivity contribution is -0.138. The van der Waals surface area contributed by atoms with Crippen LogP contribution in [0.1, 0.15) is 24.6 Å². The molecule has 3 aromatic rings. The molecule has 11 heteroatoms. The van der Waals surface area contributed by atoms with Gasteiger partial charge in [-0.3, -0.25) is 9.48 Å². The summed E-state index contributed by atoms with van der Waals surface area (Å²) in [5.41, 5.74) is 2.52. The number of amides is 1. The lowest BCUT2D eigenvalue weighted by atomic mass is 10.0. The molecule has 1 saturated heterocycles. The topological polar surface area (TPSA) is 129 Å². The van der Waals surface area contributed by atoms with Gasteiger partial charge in [0.05, 0.1) is 23.5 Å². The molecule has 0 bridgehead atoms. The van der Waals surface area contributed by atoms with Crippen LogP contribution >= 0.6 is 0 Å². The molecule has 1 amide bonds. The molecule has 0 unspecified atom stereocenters. The number of aliphatic hydroxyl groups excluding tert-OH is 1.